The Balaban J connectivity index is 1.79. The third kappa shape index (κ3) is 4.65. The fourth-order valence-electron chi connectivity index (χ4n) is 3.44. The molecule has 0 spiro atoms. The summed E-state index contributed by atoms with van der Waals surface area (Å²) in [5.41, 5.74) is 3.63. The molecule has 2 heterocycles. The van der Waals surface area contributed by atoms with Crippen molar-refractivity contribution in [2.45, 2.75) is 58.4 Å². The third-order valence-electron chi connectivity index (χ3n) is 5.07. The Hall–Kier alpha value is -1.99. The molecular formula is C20H28N4O2S. The van der Waals surface area contributed by atoms with Crippen molar-refractivity contribution in [2.24, 2.45) is 0 Å². The summed E-state index contributed by atoms with van der Waals surface area (Å²) in [5, 5.41) is 0. The van der Waals surface area contributed by atoms with E-state index < -0.39 is 10.0 Å². The van der Waals surface area contributed by atoms with Crippen molar-refractivity contribution < 1.29 is 8.42 Å². The minimum Gasteiger partial charge on any atom is -0.357 e. The van der Waals surface area contributed by atoms with Crippen molar-refractivity contribution in [1.29, 1.82) is 0 Å². The summed E-state index contributed by atoms with van der Waals surface area (Å²) >= 11 is 0. The normalized spacial score (nSPS) is 15.2. The SMILES string of the molecule is Cc1cc(N2CCCCC2)nc(CNS(=O)(=O)c2cc(C)c(C)cc2C)n1. The lowest BCUT2D eigenvalue weighted by Crippen LogP contribution is -2.31. The zero-order valence-electron chi connectivity index (χ0n) is 16.5. The molecule has 1 fully saturated rings. The van der Waals surface area contributed by atoms with E-state index in [9.17, 15) is 8.42 Å². The van der Waals surface area contributed by atoms with Crippen molar-refractivity contribution >= 4 is 15.8 Å². The topological polar surface area (TPSA) is 75.2 Å². The summed E-state index contributed by atoms with van der Waals surface area (Å²) in [5.74, 6) is 1.39. The van der Waals surface area contributed by atoms with Gasteiger partial charge < -0.3 is 4.90 Å². The average molecular weight is 389 g/mol. The van der Waals surface area contributed by atoms with E-state index in [4.69, 9.17) is 0 Å². The molecule has 1 aliphatic rings. The zero-order valence-corrected chi connectivity index (χ0v) is 17.4. The van der Waals surface area contributed by atoms with Gasteiger partial charge in [0.1, 0.15) is 11.6 Å². The van der Waals surface area contributed by atoms with Gasteiger partial charge in [-0.1, -0.05) is 6.07 Å². The molecule has 7 heteroatoms. The summed E-state index contributed by atoms with van der Waals surface area (Å²) in [6.45, 7) is 9.70. The minimum absolute atomic E-state index is 0.0806. The molecule has 1 N–H and O–H groups in total. The van der Waals surface area contributed by atoms with Gasteiger partial charge >= 0.3 is 0 Å². The summed E-state index contributed by atoms with van der Waals surface area (Å²) in [6.07, 6.45) is 3.58. The third-order valence-corrected chi connectivity index (χ3v) is 6.61. The summed E-state index contributed by atoms with van der Waals surface area (Å²) in [7, 11) is -3.62. The number of benzene rings is 1. The van der Waals surface area contributed by atoms with Gasteiger partial charge in [-0.15, -0.1) is 0 Å². The van der Waals surface area contributed by atoms with Gasteiger partial charge in [0.25, 0.3) is 0 Å². The van der Waals surface area contributed by atoms with Crippen LogP contribution in [0.4, 0.5) is 5.82 Å². The van der Waals surface area contributed by atoms with Crippen LogP contribution < -0.4 is 9.62 Å². The molecule has 1 aromatic carbocycles. The number of anilines is 1. The maximum Gasteiger partial charge on any atom is 0.241 e. The minimum atomic E-state index is -3.62. The fraction of sp³-hybridized carbons (Fsp3) is 0.500. The highest BCUT2D eigenvalue weighted by atomic mass is 32.2. The molecule has 0 saturated carbocycles. The quantitative estimate of drug-likeness (QED) is 0.851. The van der Waals surface area contributed by atoms with Crippen LogP contribution in [-0.4, -0.2) is 31.5 Å². The van der Waals surface area contributed by atoms with Crippen LogP contribution in [0.5, 0.6) is 0 Å². The monoisotopic (exact) mass is 388 g/mol. The standard InChI is InChI=1S/C20H28N4O2S/c1-14-10-16(3)18(11-15(14)2)27(25,26)21-13-19-22-17(4)12-20(23-19)24-8-6-5-7-9-24/h10-12,21H,5-9,13H2,1-4H3. The highest BCUT2D eigenvalue weighted by Crippen LogP contribution is 2.21. The van der Waals surface area contributed by atoms with Gasteiger partial charge in [0.05, 0.1) is 11.4 Å². The van der Waals surface area contributed by atoms with Gasteiger partial charge in [0.2, 0.25) is 10.0 Å². The van der Waals surface area contributed by atoms with E-state index in [0.717, 1.165) is 54.1 Å². The molecule has 0 bridgehead atoms. The lowest BCUT2D eigenvalue weighted by molar-refractivity contribution is 0.569. The van der Waals surface area contributed by atoms with Crippen molar-refractivity contribution in [2.75, 3.05) is 18.0 Å². The molecule has 3 rings (SSSR count). The maximum absolute atomic E-state index is 12.8. The van der Waals surface area contributed by atoms with E-state index in [1.807, 2.05) is 39.8 Å². The van der Waals surface area contributed by atoms with Crippen LogP contribution in [-0.2, 0) is 16.6 Å². The Morgan fingerprint density at radius 2 is 1.59 bits per heavy atom. The molecule has 2 aromatic rings. The number of aryl methyl sites for hydroxylation is 4. The molecule has 1 aliphatic heterocycles. The van der Waals surface area contributed by atoms with Crippen LogP contribution in [0.3, 0.4) is 0 Å². The molecule has 0 atom stereocenters. The number of nitrogens with one attached hydrogen (secondary N) is 1. The Bertz CT molecular complexity index is 935. The Morgan fingerprint density at radius 3 is 2.30 bits per heavy atom. The largest absolute Gasteiger partial charge is 0.357 e. The summed E-state index contributed by atoms with van der Waals surface area (Å²) in [4.78, 5) is 11.6. The van der Waals surface area contributed by atoms with Crippen LogP contribution in [0.2, 0.25) is 0 Å². The second kappa shape index (κ2) is 7.94. The molecular weight excluding hydrogens is 360 g/mol. The van der Waals surface area contributed by atoms with E-state index in [1.54, 1.807) is 6.07 Å². The summed E-state index contributed by atoms with van der Waals surface area (Å²) in [6, 6.07) is 5.60. The smallest absolute Gasteiger partial charge is 0.241 e. The molecule has 1 saturated heterocycles. The van der Waals surface area contributed by atoms with Gasteiger partial charge in [0.15, 0.2) is 0 Å². The Morgan fingerprint density at radius 1 is 0.926 bits per heavy atom. The van der Waals surface area contributed by atoms with Crippen molar-refractivity contribution in [1.82, 2.24) is 14.7 Å². The van der Waals surface area contributed by atoms with E-state index in [0.29, 0.717) is 10.7 Å². The van der Waals surface area contributed by atoms with Crippen LogP contribution in [0.1, 0.15) is 47.5 Å². The number of aromatic nitrogens is 2. The van der Waals surface area contributed by atoms with E-state index in [2.05, 4.69) is 19.6 Å². The van der Waals surface area contributed by atoms with Crippen LogP contribution in [0, 0.1) is 27.7 Å². The van der Waals surface area contributed by atoms with Crippen molar-refractivity contribution in [3.63, 3.8) is 0 Å². The molecule has 0 amide bonds. The second-order valence-electron chi connectivity index (χ2n) is 7.36. The Labute approximate surface area is 162 Å². The predicted octanol–water partition coefficient (Wildman–Crippen LogP) is 3.18. The van der Waals surface area contributed by atoms with E-state index >= 15 is 0 Å². The van der Waals surface area contributed by atoms with Crippen LogP contribution >= 0.6 is 0 Å². The first-order valence-corrected chi connectivity index (χ1v) is 10.9. The van der Waals surface area contributed by atoms with Gasteiger partial charge in [-0.3, -0.25) is 0 Å². The number of piperidine rings is 1. The Kier molecular flexibility index (Phi) is 5.81. The lowest BCUT2D eigenvalue weighted by Gasteiger charge is -2.28. The number of hydrogen-bond donors (Lipinski definition) is 1. The first-order valence-electron chi connectivity index (χ1n) is 9.43. The first-order chi connectivity index (χ1) is 12.8. The van der Waals surface area contributed by atoms with Gasteiger partial charge in [-0.2, -0.15) is 0 Å². The average Bonchev–Trinajstić information content (AvgIpc) is 2.63. The van der Waals surface area contributed by atoms with Crippen molar-refractivity contribution in [3.05, 3.63) is 46.4 Å². The predicted molar refractivity (Wildman–Crippen MR) is 108 cm³/mol. The lowest BCUT2D eigenvalue weighted by atomic mass is 10.1. The highest BCUT2D eigenvalue weighted by Gasteiger charge is 2.19. The number of sulfonamides is 1. The maximum atomic E-state index is 12.8. The second-order valence-corrected chi connectivity index (χ2v) is 9.09. The highest BCUT2D eigenvalue weighted by molar-refractivity contribution is 7.89. The fourth-order valence-corrected chi connectivity index (χ4v) is 4.73. The molecule has 0 unspecified atom stereocenters. The zero-order chi connectivity index (χ0) is 19.6. The van der Waals surface area contributed by atoms with Crippen LogP contribution in [0.15, 0.2) is 23.1 Å². The first kappa shape index (κ1) is 19.8. The number of hydrogen-bond acceptors (Lipinski definition) is 5. The molecule has 1 aromatic heterocycles. The van der Waals surface area contributed by atoms with Gasteiger partial charge in [0, 0.05) is 24.8 Å². The van der Waals surface area contributed by atoms with E-state index in [-0.39, 0.29) is 6.54 Å². The molecule has 146 valence electrons. The van der Waals surface area contributed by atoms with Gasteiger partial charge in [-0.25, -0.2) is 23.1 Å². The van der Waals surface area contributed by atoms with E-state index in [1.165, 1.54) is 6.42 Å². The van der Waals surface area contributed by atoms with Crippen LogP contribution in [0.25, 0.3) is 0 Å². The number of rotatable bonds is 5. The van der Waals surface area contributed by atoms with Crippen molar-refractivity contribution in [3.8, 4) is 0 Å². The molecule has 27 heavy (non-hydrogen) atoms. The molecule has 0 aliphatic carbocycles. The van der Waals surface area contributed by atoms with Gasteiger partial charge in [-0.05, 0) is 69.7 Å². The molecule has 0 radical (unpaired) electrons. The number of nitrogens with zero attached hydrogens (tertiary/aromatic N) is 3. The molecule has 6 nitrogen and oxygen atoms in total. The summed E-state index contributed by atoms with van der Waals surface area (Å²) < 4.78 is 28.2.